The Labute approximate surface area is 122 Å². The van der Waals surface area contributed by atoms with Crippen LogP contribution in [-0.2, 0) is 20.7 Å². The van der Waals surface area contributed by atoms with Crippen molar-refractivity contribution in [3.05, 3.63) is 35.4 Å². The van der Waals surface area contributed by atoms with E-state index in [1.807, 2.05) is 19.1 Å². The molecule has 0 aliphatic carbocycles. The molecule has 8 heteroatoms. The molecule has 1 rings (SSSR count). The smallest absolute Gasteiger partial charge is 0.321 e. The van der Waals surface area contributed by atoms with Crippen molar-refractivity contribution in [1.29, 1.82) is 0 Å². The van der Waals surface area contributed by atoms with Gasteiger partial charge in [-0.3, -0.25) is 14.2 Å². The summed E-state index contributed by atoms with van der Waals surface area (Å²) in [7, 11) is -3.26. The number of carbonyl (C=O) groups is 2. The lowest BCUT2D eigenvalue weighted by Crippen LogP contribution is -2.36. The summed E-state index contributed by atoms with van der Waals surface area (Å²) in [5, 5.41) is 17.8. The first-order valence-corrected chi connectivity index (χ1v) is 7.61. The topological polar surface area (TPSA) is 115 Å². The van der Waals surface area contributed by atoms with Crippen LogP contribution in [0.1, 0.15) is 24.0 Å². The molecule has 0 aliphatic rings. The summed E-state index contributed by atoms with van der Waals surface area (Å²) in [4.78, 5) is 31.2. The van der Waals surface area contributed by atoms with Crippen LogP contribution in [0, 0.1) is 6.92 Å². The van der Waals surface area contributed by atoms with Crippen molar-refractivity contribution in [2.24, 2.45) is 0 Å². The number of nitrogens with zero attached hydrogens (tertiary/aromatic N) is 1. The Hall–Kier alpha value is -1.69. The molecule has 0 radical (unpaired) electrons. The minimum absolute atomic E-state index is 0.0227. The number of rotatable bonds is 8. The molecule has 0 aliphatic heterocycles. The molecule has 3 N–H and O–H groups in total. The second-order valence-corrected chi connectivity index (χ2v) is 5.82. The molecule has 0 bridgehead atoms. The highest BCUT2D eigenvalue weighted by Crippen LogP contribution is 2.29. The van der Waals surface area contributed by atoms with Gasteiger partial charge in [0.05, 0.1) is 0 Å². The molecule has 0 spiro atoms. The largest absolute Gasteiger partial charge is 0.481 e. The fourth-order valence-corrected chi connectivity index (χ4v) is 2.70. The van der Waals surface area contributed by atoms with E-state index in [1.54, 1.807) is 12.1 Å². The molecule has 0 fully saturated rings. The maximum atomic E-state index is 11.5. The van der Waals surface area contributed by atoms with Crippen LogP contribution in [0.15, 0.2) is 24.3 Å². The zero-order valence-corrected chi connectivity index (χ0v) is 12.5. The van der Waals surface area contributed by atoms with E-state index in [2.05, 4.69) is 0 Å². The monoisotopic (exact) mass is 315 g/mol. The first-order chi connectivity index (χ1) is 9.81. The number of hydrogen-bond donors (Lipinski definition) is 3. The van der Waals surface area contributed by atoms with Gasteiger partial charge >= 0.3 is 11.9 Å². The normalized spacial score (nSPS) is 13.9. The minimum Gasteiger partial charge on any atom is -0.481 e. The quantitative estimate of drug-likeness (QED) is 0.623. The summed E-state index contributed by atoms with van der Waals surface area (Å²) in [6, 6.07) is 5.80. The predicted molar refractivity (Wildman–Crippen MR) is 76.2 cm³/mol. The molecule has 1 aromatic rings. The molecule has 2 atom stereocenters. The van der Waals surface area contributed by atoms with Crippen LogP contribution in [0.3, 0.4) is 0 Å². The molecule has 1 aromatic carbocycles. The third-order valence-corrected chi connectivity index (χ3v) is 3.97. The van der Waals surface area contributed by atoms with Gasteiger partial charge < -0.3 is 15.1 Å². The second-order valence-electron chi connectivity index (χ2n) is 4.68. The van der Waals surface area contributed by atoms with Gasteiger partial charge in [0.2, 0.25) is 0 Å². The highest BCUT2D eigenvalue weighted by molar-refractivity contribution is 7.35. The van der Waals surface area contributed by atoms with E-state index in [0.29, 0.717) is 5.56 Å². The van der Waals surface area contributed by atoms with E-state index in [-0.39, 0.29) is 19.4 Å². The van der Waals surface area contributed by atoms with Gasteiger partial charge in [-0.2, -0.15) is 0 Å². The van der Waals surface area contributed by atoms with E-state index >= 15 is 0 Å². The number of aliphatic carboxylic acids is 2. The van der Waals surface area contributed by atoms with Crippen LogP contribution in [0.4, 0.5) is 0 Å². The summed E-state index contributed by atoms with van der Waals surface area (Å²) in [5.74, 6) is -2.45. The second kappa shape index (κ2) is 7.93. The van der Waals surface area contributed by atoms with E-state index in [4.69, 9.17) is 10.2 Å². The molecule has 0 aromatic heterocycles. The Balaban J connectivity index is 2.91. The lowest BCUT2D eigenvalue weighted by Gasteiger charge is -2.25. The maximum absolute atomic E-state index is 11.5. The molecular weight excluding hydrogens is 297 g/mol. The minimum atomic E-state index is -3.26. The van der Waals surface area contributed by atoms with Crippen LogP contribution in [-0.4, -0.2) is 37.8 Å². The summed E-state index contributed by atoms with van der Waals surface area (Å²) >= 11 is 0. The van der Waals surface area contributed by atoms with Crippen molar-refractivity contribution in [2.45, 2.75) is 32.4 Å². The average molecular weight is 315 g/mol. The fraction of sp³-hybridized carbons (Fsp3) is 0.385. The van der Waals surface area contributed by atoms with Gasteiger partial charge in [-0.15, -0.1) is 0 Å². The standard InChI is InChI=1S/C13H18NO6P/c1-9-2-4-10(5-3-9)8-14(21(19)20)11(13(17)18)6-7-12(15)16/h2-5,11,21H,6-8H2,1H3,(H,15,16)(H,17,18)(H,19,20). The Morgan fingerprint density at radius 3 is 2.24 bits per heavy atom. The predicted octanol–water partition coefficient (Wildman–Crippen LogP) is 1.50. The van der Waals surface area contributed by atoms with Crippen molar-refractivity contribution in [1.82, 2.24) is 4.67 Å². The molecule has 0 saturated heterocycles. The summed E-state index contributed by atoms with van der Waals surface area (Å²) in [6.45, 7) is 1.87. The summed E-state index contributed by atoms with van der Waals surface area (Å²) in [6.07, 6.45) is -0.607. The van der Waals surface area contributed by atoms with Gasteiger partial charge in [0.25, 0.3) is 8.18 Å². The van der Waals surface area contributed by atoms with E-state index < -0.39 is 26.2 Å². The fourth-order valence-electron chi connectivity index (χ4n) is 1.87. The lowest BCUT2D eigenvalue weighted by molar-refractivity contribution is -0.143. The van der Waals surface area contributed by atoms with Crippen LogP contribution in [0.5, 0.6) is 0 Å². The van der Waals surface area contributed by atoms with Crippen LogP contribution >= 0.6 is 8.18 Å². The van der Waals surface area contributed by atoms with Gasteiger partial charge in [0, 0.05) is 13.0 Å². The molecule has 0 amide bonds. The molecular formula is C13H18NO6P. The van der Waals surface area contributed by atoms with Crippen molar-refractivity contribution in [3.63, 3.8) is 0 Å². The highest BCUT2D eigenvalue weighted by Gasteiger charge is 2.29. The molecule has 116 valence electrons. The number of carboxylic acids is 2. The van der Waals surface area contributed by atoms with Gasteiger partial charge in [0.1, 0.15) is 6.04 Å². The van der Waals surface area contributed by atoms with E-state index in [0.717, 1.165) is 10.2 Å². The van der Waals surface area contributed by atoms with Gasteiger partial charge in [-0.05, 0) is 18.9 Å². The van der Waals surface area contributed by atoms with Gasteiger partial charge in [-0.25, -0.2) is 4.67 Å². The van der Waals surface area contributed by atoms with Gasteiger partial charge in [-0.1, -0.05) is 29.8 Å². The van der Waals surface area contributed by atoms with Crippen molar-refractivity contribution in [3.8, 4) is 0 Å². The molecule has 0 heterocycles. The number of benzene rings is 1. The third-order valence-electron chi connectivity index (χ3n) is 3.01. The SMILES string of the molecule is Cc1ccc(CN(C(CCC(=O)O)C(=O)O)[PH](=O)O)cc1. The van der Waals surface area contributed by atoms with Crippen LogP contribution in [0.2, 0.25) is 0 Å². The maximum Gasteiger partial charge on any atom is 0.321 e. The van der Waals surface area contributed by atoms with E-state index in [9.17, 15) is 19.0 Å². The summed E-state index contributed by atoms with van der Waals surface area (Å²) in [5.41, 5.74) is 1.71. The Morgan fingerprint density at radius 2 is 1.81 bits per heavy atom. The van der Waals surface area contributed by atoms with Crippen molar-refractivity contribution < 1.29 is 29.3 Å². The molecule has 7 nitrogen and oxygen atoms in total. The number of hydrogen-bond acceptors (Lipinski definition) is 3. The van der Waals surface area contributed by atoms with Gasteiger partial charge in [0.15, 0.2) is 0 Å². The number of aryl methyl sites for hydroxylation is 1. The zero-order chi connectivity index (χ0) is 16.0. The number of carboxylic acid groups (broad SMARTS) is 2. The zero-order valence-electron chi connectivity index (χ0n) is 11.5. The van der Waals surface area contributed by atoms with E-state index in [1.165, 1.54) is 0 Å². The first kappa shape index (κ1) is 17.4. The summed E-state index contributed by atoms with van der Waals surface area (Å²) < 4.78 is 12.4. The average Bonchev–Trinajstić information content (AvgIpc) is 2.39. The third kappa shape index (κ3) is 5.67. The Kier molecular flexibility index (Phi) is 6.55. The molecule has 0 saturated carbocycles. The van der Waals surface area contributed by atoms with Crippen molar-refractivity contribution >= 4 is 20.1 Å². The van der Waals surface area contributed by atoms with Crippen molar-refractivity contribution in [2.75, 3.05) is 0 Å². The molecule has 21 heavy (non-hydrogen) atoms. The van der Waals surface area contributed by atoms with Crippen LogP contribution < -0.4 is 0 Å². The molecule has 2 unspecified atom stereocenters. The highest BCUT2D eigenvalue weighted by atomic mass is 31.1. The van der Waals surface area contributed by atoms with Crippen LogP contribution in [0.25, 0.3) is 0 Å². The Morgan fingerprint density at radius 1 is 1.24 bits per heavy atom. The lowest BCUT2D eigenvalue weighted by atomic mass is 10.1. The Bertz CT molecular complexity index is 530. The first-order valence-electron chi connectivity index (χ1n) is 6.31.